The molecule has 0 saturated carbocycles. The number of benzene rings is 3. The highest BCUT2D eigenvalue weighted by atomic mass is 32.2. The average molecular weight is 456 g/mol. The third-order valence-electron chi connectivity index (χ3n) is 5.31. The maximum absolute atomic E-state index is 13.7. The Kier molecular flexibility index (Phi) is 5.88. The maximum Gasteiger partial charge on any atom is 0.303 e. The van der Waals surface area contributed by atoms with Gasteiger partial charge in [-0.15, -0.1) is 0 Å². The number of ether oxygens (including phenoxy) is 1. The van der Waals surface area contributed by atoms with E-state index in [2.05, 4.69) is 0 Å². The molecular formula is C24H22FNO5S. The largest absolute Gasteiger partial charge is 0.486 e. The van der Waals surface area contributed by atoms with E-state index in [9.17, 15) is 17.6 Å². The highest BCUT2D eigenvalue weighted by Crippen LogP contribution is 2.40. The fourth-order valence-electron chi connectivity index (χ4n) is 3.72. The van der Waals surface area contributed by atoms with Crippen LogP contribution in [0.5, 0.6) is 5.75 Å². The summed E-state index contributed by atoms with van der Waals surface area (Å²) >= 11 is 0. The molecule has 1 heterocycles. The van der Waals surface area contributed by atoms with Crippen LogP contribution in [0.1, 0.15) is 18.4 Å². The van der Waals surface area contributed by atoms with E-state index in [4.69, 9.17) is 9.84 Å². The number of aryl methyl sites for hydroxylation is 1. The van der Waals surface area contributed by atoms with E-state index in [1.165, 1.54) is 22.5 Å². The topological polar surface area (TPSA) is 83.9 Å². The fraction of sp³-hybridized carbons (Fsp3) is 0.208. The molecule has 3 aromatic rings. The number of aliphatic carboxylic acids is 1. The lowest BCUT2D eigenvalue weighted by molar-refractivity contribution is -0.137. The van der Waals surface area contributed by atoms with Gasteiger partial charge in [0.05, 0.1) is 17.1 Å². The number of carboxylic acid groups (broad SMARTS) is 1. The van der Waals surface area contributed by atoms with E-state index in [1.807, 2.05) is 13.0 Å². The van der Waals surface area contributed by atoms with Crippen molar-refractivity contribution in [1.82, 2.24) is 0 Å². The Morgan fingerprint density at radius 1 is 1.09 bits per heavy atom. The average Bonchev–Trinajstić information content (AvgIpc) is 2.76. The van der Waals surface area contributed by atoms with E-state index in [0.29, 0.717) is 22.6 Å². The van der Waals surface area contributed by atoms with Gasteiger partial charge < -0.3 is 9.84 Å². The zero-order valence-corrected chi connectivity index (χ0v) is 18.2. The molecule has 8 heteroatoms. The number of hydrogen-bond acceptors (Lipinski definition) is 4. The number of nitrogens with zero attached hydrogens (tertiary/aromatic N) is 1. The van der Waals surface area contributed by atoms with E-state index < -0.39 is 27.9 Å². The van der Waals surface area contributed by atoms with E-state index in [-0.39, 0.29) is 24.3 Å². The molecule has 166 valence electrons. The minimum Gasteiger partial charge on any atom is -0.486 e. The van der Waals surface area contributed by atoms with Crippen LogP contribution < -0.4 is 9.04 Å². The van der Waals surface area contributed by atoms with Gasteiger partial charge in [-0.2, -0.15) is 0 Å². The second-order valence-electron chi connectivity index (χ2n) is 7.72. The van der Waals surface area contributed by atoms with E-state index in [0.717, 1.165) is 5.56 Å². The molecule has 0 amide bonds. The zero-order valence-electron chi connectivity index (χ0n) is 17.4. The van der Waals surface area contributed by atoms with Crippen molar-refractivity contribution < 1.29 is 27.4 Å². The van der Waals surface area contributed by atoms with Gasteiger partial charge in [0.25, 0.3) is 10.0 Å². The first-order valence-corrected chi connectivity index (χ1v) is 11.6. The summed E-state index contributed by atoms with van der Waals surface area (Å²) in [6.07, 6.45) is -0.585. The van der Waals surface area contributed by atoms with Crippen molar-refractivity contribution in [2.24, 2.45) is 0 Å². The first-order valence-electron chi connectivity index (χ1n) is 10.1. The van der Waals surface area contributed by atoms with Gasteiger partial charge >= 0.3 is 5.97 Å². The minimum atomic E-state index is -3.94. The predicted octanol–water partition coefficient (Wildman–Crippen LogP) is 4.62. The number of hydrogen-bond donors (Lipinski definition) is 1. The lowest BCUT2D eigenvalue weighted by atomic mass is 10.0. The van der Waals surface area contributed by atoms with Crippen molar-refractivity contribution in [3.05, 3.63) is 78.1 Å². The molecule has 0 radical (unpaired) electrons. The predicted molar refractivity (Wildman–Crippen MR) is 119 cm³/mol. The Morgan fingerprint density at radius 2 is 1.84 bits per heavy atom. The first kappa shape index (κ1) is 21.8. The molecule has 0 bridgehead atoms. The van der Waals surface area contributed by atoms with Crippen LogP contribution in [0.15, 0.2) is 71.6 Å². The smallest absolute Gasteiger partial charge is 0.303 e. The van der Waals surface area contributed by atoms with Gasteiger partial charge in [0.1, 0.15) is 17.7 Å². The highest BCUT2D eigenvalue weighted by Gasteiger charge is 2.35. The highest BCUT2D eigenvalue weighted by molar-refractivity contribution is 7.92. The molecule has 1 aliphatic rings. The quantitative estimate of drug-likeness (QED) is 0.586. The number of carbonyl (C=O) groups is 1. The molecule has 6 nitrogen and oxygen atoms in total. The molecule has 0 saturated heterocycles. The monoisotopic (exact) mass is 455 g/mol. The summed E-state index contributed by atoms with van der Waals surface area (Å²) in [6, 6.07) is 17.7. The van der Waals surface area contributed by atoms with Crippen molar-refractivity contribution >= 4 is 21.7 Å². The molecule has 32 heavy (non-hydrogen) atoms. The summed E-state index contributed by atoms with van der Waals surface area (Å²) in [5.41, 5.74) is 2.38. The summed E-state index contributed by atoms with van der Waals surface area (Å²) in [4.78, 5) is 11.2. The molecular weight excluding hydrogens is 433 g/mol. The van der Waals surface area contributed by atoms with Crippen LogP contribution in [-0.2, 0) is 14.8 Å². The summed E-state index contributed by atoms with van der Waals surface area (Å²) in [5, 5.41) is 9.04. The SMILES string of the molecule is Cc1cccc(S(=O)(=O)N2C[C@H](CCC(=O)O)Oc3ccc(-c4cccc(F)c4)cc32)c1. The third kappa shape index (κ3) is 4.45. The van der Waals surface area contributed by atoms with Crippen molar-refractivity contribution in [3.8, 4) is 16.9 Å². The van der Waals surface area contributed by atoms with E-state index in [1.54, 1.807) is 42.5 Å². The van der Waals surface area contributed by atoms with Crippen molar-refractivity contribution in [1.29, 1.82) is 0 Å². The van der Waals surface area contributed by atoms with Gasteiger partial charge in [0.15, 0.2) is 0 Å². The number of carboxylic acids is 1. The Hall–Kier alpha value is -3.39. The van der Waals surface area contributed by atoms with Gasteiger partial charge in [-0.1, -0.05) is 30.3 Å². The summed E-state index contributed by atoms with van der Waals surface area (Å²) in [6.45, 7) is 1.78. The summed E-state index contributed by atoms with van der Waals surface area (Å²) in [7, 11) is -3.94. The molecule has 1 atom stereocenters. The van der Waals surface area contributed by atoms with Crippen LogP contribution >= 0.6 is 0 Å². The Bertz CT molecular complexity index is 1270. The zero-order chi connectivity index (χ0) is 22.9. The molecule has 0 aliphatic carbocycles. The van der Waals surface area contributed by atoms with Gasteiger partial charge in [-0.25, -0.2) is 12.8 Å². The van der Waals surface area contributed by atoms with Gasteiger partial charge in [-0.05, 0) is 66.4 Å². The maximum atomic E-state index is 13.7. The number of sulfonamides is 1. The second kappa shape index (κ2) is 8.63. The normalized spacial score (nSPS) is 15.7. The lowest BCUT2D eigenvalue weighted by Crippen LogP contribution is -2.43. The Morgan fingerprint density at radius 3 is 2.56 bits per heavy atom. The first-order chi connectivity index (χ1) is 15.2. The minimum absolute atomic E-state index is 0.0246. The molecule has 0 unspecified atom stereocenters. The third-order valence-corrected chi connectivity index (χ3v) is 7.08. The number of fused-ring (bicyclic) bond motifs is 1. The van der Waals surface area contributed by atoms with Gasteiger partial charge in [0.2, 0.25) is 0 Å². The Balaban J connectivity index is 1.80. The Labute approximate surface area is 185 Å². The second-order valence-corrected chi connectivity index (χ2v) is 9.58. The van der Waals surface area contributed by atoms with Gasteiger partial charge in [0, 0.05) is 6.42 Å². The van der Waals surface area contributed by atoms with Crippen LogP contribution in [0.2, 0.25) is 0 Å². The lowest BCUT2D eigenvalue weighted by Gasteiger charge is -2.35. The van der Waals surface area contributed by atoms with Crippen LogP contribution in [-0.4, -0.2) is 32.1 Å². The summed E-state index contributed by atoms with van der Waals surface area (Å²) in [5.74, 6) is -1.04. The molecule has 3 aromatic carbocycles. The number of anilines is 1. The molecule has 4 rings (SSSR count). The van der Waals surface area contributed by atoms with Crippen molar-refractivity contribution in [2.75, 3.05) is 10.8 Å². The number of rotatable bonds is 6. The van der Waals surface area contributed by atoms with Crippen LogP contribution in [0, 0.1) is 12.7 Å². The molecule has 0 aromatic heterocycles. The van der Waals surface area contributed by atoms with Crippen LogP contribution in [0.25, 0.3) is 11.1 Å². The fourth-order valence-corrected chi connectivity index (χ4v) is 5.33. The molecule has 1 N–H and O–H groups in total. The molecule has 0 fully saturated rings. The van der Waals surface area contributed by atoms with Crippen molar-refractivity contribution in [2.45, 2.75) is 30.8 Å². The van der Waals surface area contributed by atoms with Gasteiger partial charge in [-0.3, -0.25) is 9.10 Å². The number of halogens is 1. The van der Waals surface area contributed by atoms with E-state index >= 15 is 0 Å². The summed E-state index contributed by atoms with van der Waals surface area (Å²) < 4.78 is 48.1. The van der Waals surface area contributed by atoms with Crippen molar-refractivity contribution in [3.63, 3.8) is 0 Å². The molecule has 1 aliphatic heterocycles. The molecule has 0 spiro atoms. The van der Waals surface area contributed by atoms with Crippen LogP contribution in [0.4, 0.5) is 10.1 Å². The standard InChI is InChI=1S/C24H22FNO5S/c1-16-4-2-7-21(12-16)32(29,30)26-15-20(9-11-24(27)28)31-23-10-8-18(14-22(23)26)17-5-3-6-19(25)13-17/h2-8,10,12-14,20H,9,11,15H2,1H3,(H,27,28)/t20-/m0/s1. The van der Waals surface area contributed by atoms with Crippen LogP contribution in [0.3, 0.4) is 0 Å².